The smallest absolute Gasteiger partial charge is 0.305 e. The van der Waals surface area contributed by atoms with E-state index < -0.39 is 5.97 Å². The number of hydrogen-bond donors (Lipinski definition) is 2. The van der Waals surface area contributed by atoms with Crippen LogP contribution in [0.5, 0.6) is 0 Å². The van der Waals surface area contributed by atoms with Gasteiger partial charge in [-0.2, -0.15) is 0 Å². The second-order valence-corrected chi connectivity index (χ2v) is 6.18. The Balaban J connectivity index is 1.98. The molecule has 1 aromatic heterocycles. The lowest BCUT2D eigenvalue weighted by Crippen LogP contribution is -2.47. The van der Waals surface area contributed by atoms with Crippen molar-refractivity contribution in [3.8, 4) is 0 Å². The summed E-state index contributed by atoms with van der Waals surface area (Å²) in [6.45, 7) is 0. The molecule has 1 aromatic carbocycles. The lowest BCUT2D eigenvalue weighted by molar-refractivity contribution is -0.138. The highest BCUT2D eigenvalue weighted by atomic mass is 79.9. The van der Waals surface area contributed by atoms with Crippen LogP contribution in [0.15, 0.2) is 34.9 Å². The molecule has 2 aromatic rings. The summed E-state index contributed by atoms with van der Waals surface area (Å²) in [6.07, 6.45) is 4.72. The van der Waals surface area contributed by atoms with Crippen LogP contribution in [0, 0.1) is 0 Å². The van der Waals surface area contributed by atoms with Crippen LogP contribution in [0.3, 0.4) is 0 Å². The number of nitrogens with zero attached hydrogens (tertiary/aromatic N) is 1. The number of halogens is 1. The summed E-state index contributed by atoms with van der Waals surface area (Å²) in [5, 5.41) is 14.6. The average Bonchev–Trinajstić information content (AvgIpc) is 2.37. The minimum Gasteiger partial charge on any atom is -0.481 e. The molecule has 104 valence electrons. The van der Waals surface area contributed by atoms with Gasteiger partial charge in [-0.15, -0.1) is 0 Å². The minimum absolute atomic E-state index is 0.138. The number of anilines is 1. The Morgan fingerprint density at radius 2 is 2.15 bits per heavy atom. The molecule has 1 saturated carbocycles. The molecule has 1 aliphatic carbocycles. The van der Waals surface area contributed by atoms with Gasteiger partial charge in [0.05, 0.1) is 6.42 Å². The summed E-state index contributed by atoms with van der Waals surface area (Å²) in [6, 6.07) is 7.91. The number of hydrogen-bond acceptors (Lipinski definition) is 3. The number of pyridine rings is 1. The number of carbonyl (C=O) groups is 1. The maximum absolute atomic E-state index is 11.0. The van der Waals surface area contributed by atoms with Crippen molar-refractivity contribution in [1.82, 2.24) is 4.98 Å². The van der Waals surface area contributed by atoms with Crippen molar-refractivity contribution in [3.63, 3.8) is 0 Å². The molecule has 5 heteroatoms. The molecule has 1 aliphatic rings. The highest BCUT2D eigenvalue weighted by molar-refractivity contribution is 9.10. The summed E-state index contributed by atoms with van der Waals surface area (Å²) in [5.41, 5.74) is -0.338. The molecule has 0 saturated heterocycles. The lowest BCUT2D eigenvalue weighted by Gasteiger charge is -2.42. The number of carboxylic acids is 1. The van der Waals surface area contributed by atoms with Crippen LogP contribution in [0.4, 0.5) is 5.82 Å². The zero-order valence-electron chi connectivity index (χ0n) is 10.9. The van der Waals surface area contributed by atoms with E-state index in [0.717, 1.165) is 40.3 Å². The van der Waals surface area contributed by atoms with E-state index in [1.807, 2.05) is 24.3 Å². The Labute approximate surface area is 125 Å². The van der Waals surface area contributed by atoms with Gasteiger partial charge in [0, 0.05) is 27.0 Å². The number of nitrogens with one attached hydrogen (secondary N) is 1. The van der Waals surface area contributed by atoms with Crippen LogP contribution in [0.2, 0.25) is 0 Å². The quantitative estimate of drug-likeness (QED) is 0.892. The van der Waals surface area contributed by atoms with E-state index in [4.69, 9.17) is 5.11 Å². The summed E-state index contributed by atoms with van der Waals surface area (Å²) in [4.78, 5) is 15.4. The van der Waals surface area contributed by atoms with Crippen LogP contribution in [0.1, 0.15) is 25.7 Å². The average molecular weight is 335 g/mol. The largest absolute Gasteiger partial charge is 0.481 e. The SMILES string of the molecule is O=C(O)CC1(Nc2nccc3c(Br)cccc23)CCC1. The number of rotatable bonds is 4. The van der Waals surface area contributed by atoms with Gasteiger partial charge in [0.1, 0.15) is 5.82 Å². The Hall–Kier alpha value is -1.62. The molecule has 2 N–H and O–H groups in total. The van der Waals surface area contributed by atoms with Crippen molar-refractivity contribution in [2.75, 3.05) is 5.32 Å². The highest BCUT2D eigenvalue weighted by Gasteiger charge is 2.39. The highest BCUT2D eigenvalue weighted by Crippen LogP contribution is 2.39. The predicted molar refractivity (Wildman–Crippen MR) is 81.9 cm³/mol. The molecule has 0 spiro atoms. The Morgan fingerprint density at radius 3 is 2.80 bits per heavy atom. The second-order valence-electron chi connectivity index (χ2n) is 5.32. The third-order valence-electron chi connectivity index (χ3n) is 3.94. The third-order valence-corrected chi connectivity index (χ3v) is 4.63. The standard InChI is InChI=1S/C15H15BrN2O2/c16-12-4-1-3-11-10(12)5-8-17-14(11)18-15(6-2-7-15)9-13(19)20/h1,3-5,8H,2,6-7,9H2,(H,17,18)(H,19,20). The van der Waals surface area contributed by atoms with E-state index >= 15 is 0 Å². The van der Waals surface area contributed by atoms with E-state index in [0.29, 0.717) is 0 Å². The van der Waals surface area contributed by atoms with E-state index in [1.54, 1.807) is 6.20 Å². The maximum atomic E-state index is 11.0. The Kier molecular flexibility index (Phi) is 3.38. The van der Waals surface area contributed by atoms with Crippen molar-refractivity contribution < 1.29 is 9.90 Å². The molecule has 0 aliphatic heterocycles. The van der Waals surface area contributed by atoms with E-state index in [2.05, 4.69) is 26.2 Å². The maximum Gasteiger partial charge on any atom is 0.305 e. The van der Waals surface area contributed by atoms with Gasteiger partial charge in [-0.1, -0.05) is 28.1 Å². The van der Waals surface area contributed by atoms with Gasteiger partial charge in [-0.05, 0) is 31.4 Å². The third kappa shape index (κ3) is 2.38. The number of benzene rings is 1. The fraction of sp³-hybridized carbons (Fsp3) is 0.333. The molecule has 0 radical (unpaired) electrons. The van der Waals surface area contributed by atoms with Crippen LogP contribution in [-0.4, -0.2) is 21.6 Å². The van der Waals surface area contributed by atoms with E-state index in [1.165, 1.54) is 0 Å². The monoisotopic (exact) mass is 334 g/mol. The molecular weight excluding hydrogens is 320 g/mol. The molecule has 0 atom stereocenters. The van der Waals surface area contributed by atoms with Crippen LogP contribution < -0.4 is 5.32 Å². The number of carboxylic acid groups (broad SMARTS) is 1. The molecule has 1 heterocycles. The first-order valence-corrected chi connectivity index (χ1v) is 7.42. The van der Waals surface area contributed by atoms with Crippen LogP contribution >= 0.6 is 15.9 Å². The second kappa shape index (κ2) is 5.05. The van der Waals surface area contributed by atoms with Gasteiger partial charge in [0.15, 0.2) is 0 Å². The van der Waals surface area contributed by atoms with Crippen LogP contribution in [-0.2, 0) is 4.79 Å². The van der Waals surface area contributed by atoms with Gasteiger partial charge in [-0.25, -0.2) is 4.98 Å². The van der Waals surface area contributed by atoms with Crippen molar-refractivity contribution in [2.24, 2.45) is 0 Å². The molecular formula is C15H15BrN2O2. The number of aromatic nitrogens is 1. The van der Waals surface area contributed by atoms with Gasteiger partial charge >= 0.3 is 5.97 Å². The molecule has 1 fully saturated rings. The molecule has 3 rings (SSSR count). The molecule has 0 unspecified atom stereocenters. The number of fused-ring (bicyclic) bond motifs is 1. The number of aliphatic carboxylic acids is 1. The van der Waals surface area contributed by atoms with Crippen molar-refractivity contribution >= 4 is 38.5 Å². The summed E-state index contributed by atoms with van der Waals surface area (Å²) in [5.74, 6) is 0.00312. The van der Waals surface area contributed by atoms with Gasteiger partial charge in [-0.3, -0.25) is 4.79 Å². The summed E-state index contributed by atoms with van der Waals surface area (Å²) < 4.78 is 1.02. The topological polar surface area (TPSA) is 62.2 Å². The zero-order chi connectivity index (χ0) is 14.2. The fourth-order valence-electron chi connectivity index (χ4n) is 2.76. The molecule has 0 bridgehead atoms. The van der Waals surface area contributed by atoms with Crippen molar-refractivity contribution in [2.45, 2.75) is 31.2 Å². The molecule has 4 nitrogen and oxygen atoms in total. The Morgan fingerprint density at radius 1 is 1.35 bits per heavy atom. The normalized spacial score (nSPS) is 16.6. The van der Waals surface area contributed by atoms with Gasteiger partial charge in [0.25, 0.3) is 0 Å². The van der Waals surface area contributed by atoms with Crippen molar-refractivity contribution in [1.29, 1.82) is 0 Å². The Bertz CT molecular complexity index is 668. The van der Waals surface area contributed by atoms with E-state index in [9.17, 15) is 4.79 Å². The minimum atomic E-state index is -0.765. The molecule has 20 heavy (non-hydrogen) atoms. The summed E-state index contributed by atoms with van der Waals surface area (Å²) >= 11 is 3.53. The first-order chi connectivity index (χ1) is 9.60. The fourth-order valence-corrected chi connectivity index (χ4v) is 3.26. The molecule has 0 amide bonds. The predicted octanol–water partition coefficient (Wildman–Crippen LogP) is 3.81. The van der Waals surface area contributed by atoms with Gasteiger partial charge < -0.3 is 10.4 Å². The van der Waals surface area contributed by atoms with E-state index in [-0.39, 0.29) is 12.0 Å². The van der Waals surface area contributed by atoms with Gasteiger partial charge in [0.2, 0.25) is 0 Å². The first kappa shape index (κ1) is 13.4. The summed E-state index contributed by atoms with van der Waals surface area (Å²) in [7, 11) is 0. The first-order valence-electron chi connectivity index (χ1n) is 6.63. The van der Waals surface area contributed by atoms with Crippen molar-refractivity contribution in [3.05, 3.63) is 34.9 Å². The van der Waals surface area contributed by atoms with Crippen LogP contribution in [0.25, 0.3) is 10.8 Å². The zero-order valence-corrected chi connectivity index (χ0v) is 12.5. The lowest BCUT2D eigenvalue weighted by atomic mass is 9.74.